The van der Waals surface area contributed by atoms with Gasteiger partial charge in [0.05, 0.1) is 19.8 Å². The van der Waals surface area contributed by atoms with E-state index in [1.54, 1.807) is 0 Å². The van der Waals surface area contributed by atoms with Gasteiger partial charge in [0, 0.05) is 19.3 Å². The highest BCUT2D eigenvalue weighted by Gasteiger charge is 2.19. The van der Waals surface area contributed by atoms with Gasteiger partial charge in [-0.05, 0) is 38.0 Å². The minimum Gasteiger partial charge on any atom is -0.466 e. The molecule has 0 aromatic carbocycles. The quantitative estimate of drug-likeness (QED) is 0.0351. The predicted octanol–water partition coefficient (Wildman–Crippen LogP) is 14.1. The molecule has 0 radical (unpaired) electrons. The highest BCUT2D eigenvalue weighted by Crippen LogP contribution is 2.21. The van der Waals surface area contributed by atoms with Crippen molar-refractivity contribution in [3.05, 3.63) is 0 Å². The molecule has 0 saturated heterocycles. The largest absolute Gasteiger partial charge is 0.466 e. The molecule has 52 heavy (non-hydrogen) atoms. The van der Waals surface area contributed by atoms with Gasteiger partial charge in [-0.1, -0.05) is 194 Å². The summed E-state index contributed by atoms with van der Waals surface area (Å²) in [7, 11) is 0. The van der Waals surface area contributed by atoms with E-state index in [1.165, 1.54) is 154 Å². The summed E-state index contributed by atoms with van der Waals surface area (Å²) in [5, 5.41) is 0. The first kappa shape index (κ1) is 52.9. The number of unbranched alkanes of at least 4 members (excludes halogenated alkanes) is 27. The molecule has 0 amide bonds. The molecule has 0 aliphatic rings. The lowest BCUT2D eigenvalue weighted by atomic mass is 9.94. The molecule has 0 spiro atoms. The van der Waals surface area contributed by atoms with E-state index in [4.69, 9.17) is 14.2 Å². The molecule has 6 nitrogen and oxygen atoms in total. The van der Waals surface area contributed by atoms with E-state index in [-0.39, 0.29) is 56.6 Å². The van der Waals surface area contributed by atoms with Crippen LogP contribution in [0, 0.1) is 5.92 Å². The smallest absolute Gasteiger partial charge is 0.306 e. The van der Waals surface area contributed by atoms with Crippen molar-refractivity contribution < 1.29 is 28.6 Å². The lowest BCUT2D eigenvalue weighted by Crippen LogP contribution is -2.17. The SMILES string of the molecule is CCCCCCCCCCCCOC(=O)CCC(CCC(=O)OCCCCCCCCCCCC)CC(=O)OCCCCCCCCCCCC.S. The van der Waals surface area contributed by atoms with Crippen LogP contribution in [0.15, 0.2) is 0 Å². The Hall–Kier alpha value is -1.24. The first-order chi connectivity index (χ1) is 25.0. The molecule has 0 aromatic rings. The van der Waals surface area contributed by atoms with E-state index in [0.717, 1.165) is 38.5 Å². The zero-order valence-corrected chi connectivity index (χ0v) is 35.9. The molecule has 310 valence electrons. The minimum atomic E-state index is -0.228. The summed E-state index contributed by atoms with van der Waals surface area (Å²) in [6, 6.07) is 0. The third-order valence-electron chi connectivity index (χ3n) is 10.3. The molecule has 0 aromatic heterocycles. The van der Waals surface area contributed by atoms with Crippen LogP contribution in [0.3, 0.4) is 0 Å². The second-order valence-electron chi connectivity index (χ2n) is 15.4. The Morgan fingerprint density at radius 3 is 0.846 bits per heavy atom. The van der Waals surface area contributed by atoms with Gasteiger partial charge in [0.1, 0.15) is 0 Å². The van der Waals surface area contributed by atoms with E-state index in [9.17, 15) is 14.4 Å². The summed E-state index contributed by atoms with van der Waals surface area (Å²) in [5.74, 6) is -0.746. The van der Waals surface area contributed by atoms with Crippen LogP contribution < -0.4 is 0 Å². The van der Waals surface area contributed by atoms with Gasteiger partial charge in [-0.2, -0.15) is 13.5 Å². The third-order valence-corrected chi connectivity index (χ3v) is 10.3. The number of esters is 3. The maximum atomic E-state index is 12.7. The molecule has 0 aliphatic carbocycles. The van der Waals surface area contributed by atoms with Gasteiger partial charge in [0.2, 0.25) is 0 Å². The second kappa shape index (κ2) is 44.2. The topological polar surface area (TPSA) is 78.9 Å². The van der Waals surface area contributed by atoms with Gasteiger partial charge < -0.3 is 14.2 Å². The lowest BCUT2D eigenvalue weighted by Gasteiger charge is -2.16. The molecule has 0 N–H and O–H groups in total. The molecule has 0 unspecified atom stereocenters. The number of hydrogen-bond acceptors (Lipinski definition) is 6. The fraction of sp³-hybridized carbons (Fsp3) is 0.933. The minimum absolute atomic E-state index is 0. The van der Waals surface area contributed by atoms with E-state index in [1.807, 2.05) is 0 Å². The third kappa shape index (κ3) is 41.5. The van der Waals surface area contributed by atoms with Crippen molar-refractivity contribution in [3.63, 3.8) is 0 Å². The standard InChI is InChI=1S/C45H86O6.H2S/c1-4-7-10-13-16-19-22-25-28-31-38-49-43(46)36-34-42(41-45(48)51-40-33-30-27-24-21-18-15-12-9-6-3)35-37-44(47)50-39-32-29-26-23-20-17-14-11-8-5-2;/h42H,4-41H2,1-3H3;1H2. The number of carbonyl (C=O) groups is 3. The molecular weight excluding hydrogens is 669 g/mol. The zero-order chi connectivity index (χ0) is 37.3. The maximum Gasteiger partial charge on any atom is 0.306 e. The number of hydrogen-bond donors (Lipinski definition) is 0. The molecule has 0 atom stereocenters. The molecule has 0 fully saturated rings. The van der Waals surface area contributed by atoms with Crippen LogP contribution in [0.4, 0.5) is 0 Å². The highest BCUT2D eigenvalue weighted by molar-refractivity contribution is 7.59. The summed E-state index contributed by atoms with van der Waals surface area (Å²) in [6.07, 6.45) is 39.1. The Bertz CT molecular complexity index is 718. The van der Waals surface area contributed by atoms with Crippen molar-refractivity contribution >= 4 is 31.4 Å². The van der Waals surface area contributed by atoms with Crippen molar-refractivity contribution in [2.75, 3.05) is 19.8 Å². The lowest BCUT2D eigenvalue weighted by molar-refractivity contribution is -0.148. The van der Waals surface area contributed by atoms with Gasteiger partial charge in [0.25, 0.3) is 0 Å². The second-order valence-corrected chi connectivity index (χ2v) is 15.4. The Morgan fingerprint density at radius 1 is 0.346 bits per heavy atom. The van der Waals surface area contributed by atoms with Crippen LogP contribution in [0.5, 0.6) is 0 Å². The Kier molecular flexibility index (Phi) is 44.9. The van der Waals surface area contributed by atoms with Crippen LogP contribution >= 0.6 is 13.5 Å². The Labute approximate surface area is 330 Å². The van der Waals surface area contributed by atoms with E-state index < -0.39 is 0 Å². The monoisotopic (exact) mass is 757 g/mol. The summed E-state index contributed by atoms with van der Waals surface area (Å²) in [4.78, 5) is 37.7. The van der Waals surface area contributed by atoms with Crippen molar-refractivity contribution in [2.45, 2.75) is 245 Å². The van der Waals surface area contributed by atoms with Crippen LogP contribution in [0.2, 0.25) is 0 Å². The maximum absolute atomic E-state index is 12.7. The molecule has 0 heterocycles. The van der Waals surface area contributed by atoms with Crippen molar-refractivity contribution in [1.82, 2.24) is 0 Å². The number of rotatable bonds is 41. The van der Waals surface area contributed by atoms with Gasteiger partial charge >= 0.3 is 17.9 Å². The Balaban J connectivity index is 0. The average Bonchev–Trinajstić information content (AvgIpc) is 3.12. The first-order valence-corrected chi connectivity index (χ1v) is 22.5. The van der Waals surface area contributed by atoms with Crippen molar-refractivity contribution in [1.29, 1.82) is 0 Å². The van der Waals surface area contributed by atoms with Crippen LogP contribution in [0.25, 0.3) is 0 Å². The van der Waals surface area contributed by atoms with Crippen LogP contribution in [-0.2, 0) is 28.6 Å². The molecule has 0 rings (SSSR count). The summed E-state index contributed by atoms with van der Waals surface area (Å²) in [5.41, 5.74) is 0. The van der Waals surface area contributed by atoms with Gasteiger partial charge in [-0.3, -0.25) is 14.4 Å². The van der Waals surface area contributed by atoms with Crippen LogP contribution in [-0.4, -0.2) is 37.7 Å². The summed E-state index contributed by atoms with van der Waals surface area (Å²) < 4.78 is 16.6. The number of carbonyl (C=O) groups excluding carboxylic acids is 3. The summed E-state index contributed by atoms with van der Waals surface area (Å²) in [6.45, 7) is 8.13. The predicted molar refractivity (Wildman–Crippen MR) is 225 cm³/mol. The molecule has 0 saturated carbocycles. The van der Waals surface area contributed by atoms with Crippen LogP contribution in [0.1, 0.15) is 245 Å². The average molecular weight is 757 g/mol. The first-order valence-electron chi connectivity index (χ1n) is 22.5. The zero-order valence-electron chi connectivity index (χ0n) is 34.9. The van der Waals surface area contributed by atoms with Crippen molar-refractivity contribution in [3.8, 4) is 0 Å². The van der Waals surface area contributed by atoms with E-state index in [2.05, 4.69) is 20.8 Å². The van der Waals surface area contributed by atoms with Gasteiger partial charge in [-0.15, -0.1) is 0 Å². The van der Waals surface area contributed by atoms with Crippen molar-refractivity contribution in [2.24, 2.45) is 5.92 Å². The van der Waals surface area contributed by atoms with Gasteiger partial charge in [-0.25, -0.2) is 0 Å². The molecule has 0 bridgehead atoms. The molecular formula is C45H88O6S. The Morgan fingerprint density at radius 2 is 0.577 bits per heavy atom. The van der Waals surface area contributed by atoms with E-state index >= 15 is 0 Å². The molecule has 0 aliphatic heterocycles. The summed E-state index contributed by atoms with van der Waals surface area (Å²) >= 11 is 0. The fourth-order valence-corrected chi connectivity index (χ4v) is 6.76. The normalized spacial score (nSPS) is 11.1. The van der Waals surface area contributed by atoms with Gasteiger partial charge in [0.15, 0.2) is 0 Å². The highest BCUT2D eigenvalue weighted by atomic mass is 32.1. The van der Waals surface area contributed by atoms with E-state index in [0.29, 0.717) is 32.7 Å². The fourth-order valence-electron chi connectivity index (χ4n) is 6.76. The number of ether oxygens (including phenoxy) is 3. The molecule has 7 heteroatoms.